The van der Waals surface area contributed by atoms with Gasteiger partial charge < -0.3 is 10.6 Å². The number of rotatable bonds is 3. The Morgan fingerprint density at radius 3 is 3.05 bits per heavy atom. The van der Waals surface area contributed by atoms with Crippen molar-refractivity contribution >= 4 is 5.91 Å². The lowest BCUT2D eigenvalue weighted by molar-refractivity contribution is 0.0950. The van der Waals surface area contributed by atoms with Crippen LogP contribution in [0.2, 0.25) is 0 Å². The summed E-state index contributed by atoms with van der Waals surface area (Å²) in [7, 11) is 0. The van der Waals surface area contributed by atoms with E-state index < -0.39 is 0 Å². The van der Waals surface area contributed by atoms with E-state index in [9.17, 15) is 4.79 Å². The normalized spacial score (nSPS) is 13.6. The molecule has 0 unspecified atom stereocenters. The Morgan fingerprint density at radius 2 is 2.20 bits per heavy atom. The van der Waals surface area contributed by atoms with Crippen LogP contribution >= 0.6 is 0 Å². The molecular formula is C16H17N3O. The molecule has 1 aromatic heterocycles. The van der Waals surface area contributed by atoms with Gasteiger partial charge in [-0.15, -0.1) is 0 Å². The van der Waals surface area contributed by atoms with E-state index in [4.69, 9.17) is 0 Å². The fourth-order valence-electron chi connectivity index (χ4n) is 2.40. The van der Waals surface area contributed by atoms with Gasteiger partial charge in [-0.1, -0.05) is 12.1 Å². The Kier molecular flexibility index (Phi) is 3.74. The molecule has 3 rings (SSSR count). The fourth-order valence-corrected chi connectivity index (χ4v) is 2.40. The van der Waals surface area contributed by atoms with E-state index in [1.165, 1.54) is 11.1 Å². The molecule has 20 heavy (non-hydrogen) atoms. The number of carbonyl (C=O) groups excluding carboxylic acids is 1. The molecule has 2 N–H and O–H groups in total. The molecule has 0 aliphatic carbocycles. The van der Waals surface area contributed by atoms with Gasteiger partial charge in [0.05, 0.1) is 12.2 Å². The second-order valence-electron chi connectivity index (χ2n) is 4.91. The Balaban J connectivity index is 1.68. The molecule has 102 valence electrons. The first-order valence-corrected chi connectivity index (χ1v) is 6.83. The average Bonchev–Trinajstić information content (AvgIpc) is 2.53. The lowest BCUT2D eigenvalue weighted by Crippen LogP contribution is -2.26. The van der Waals surface area contributed by atoms with Gasteiger partial charge in [0.25, 0.3) is 5.91 Å². The molecule has 0 saturated carbocycles. The van der Waals surface area contributed by atoms with Crippen molar-refractivity contribution in [3.05, 3.63) is 65.0 Å². The maximum absolute atomic E-state index is 12.1. The van der Waals surface area contributed by atoms with Crippen molar-refractivity contribution in [1.29, 1.82) is 0 Å². The fraction of sp³-hybridized carbons (Fsp3) is 0.250. The predicted octanol–water partition coefficient (Wildman–Crippen LogP) is 1.66. The molecule has 4 heteroatoms. The van der Waals surface area contributed by atoms with Crippen molar-refractivity contribution in [2.24, 2.45) is 0 Å². The van der Waals surface area contributed by atoms with E-state index in [1.807, 2.05) is 30.3 Å². The van der Waals surface area contributed by atoms with Gasteiger partial charge in [0, 0.05) is 18.3 Å². The number of hydrogen-bond acceptors (Lipinski definition) is 3. The molecule has 2 heterocycles. The predicted molar refractivity (Wildman–Crippen MR) is 77.3 cm³/mol. The number of nitrogens with one attached hydrogen (secondary N) is 2. The number of aromatic nitrogens is 1. The van der Waals surface area contributed by atoms with Crippen LogP contribution in [-0.4, -0.2) is 17.4 Å². The molecule has 0 fully saturated rings. The molecule has 0 saturated heterocycles. The molecule has 1 amide bonds. The molecule has 4 nitrogen and oxygen atoms in total. The summed E-state index contributed by atoms with van der Waals surface area (Å²) in [4.78, 5) is 16.3. The standard InChI is InChI=1S/C16H17N3O/c20-16(19-11-15-3-1-2-7-18-15)13-5-4-12-6-8-17-10-14(12)9-13/h1-5,7,9,17H,6,8,10-11H2,(H,19,20). The third-order valence-electron chi connectivity index (χ3n) is 3.51. The van der Waals surface area contributed by atoms with Gasteiger partial charge >= 0.3 is 0 Å². The van der Waals surface area contributed by atoms with Crippen LogP contribution in [0.3, 0.4) is 0 Å². The van der Waals surface area contributed by atoms with Crippen LogP contribution < -0.4 is 10.6 Å². The van der Waals surface area contributed by atoms with Crippen LogP contribution in [0.5, 0.6) is 0 Å². The summed E-state index contributed by atoms with van der Waals surface area (Å²) in [6, 6.07) is 11.6. The van der Waals surface area contributed by atoms with Crippen LogP contribution in [-0.2, 0) is 19.5 Å². The topological polar surface area (TPSA) is 54.0 Å². The zero-order chi connectivity index (χ0) is 13.8. The van der Waals surface area contributed by atoms with Gasteiger partial charge in [-0.25, -0.2) is 0 Å². The van der Waals surface area contributed by atoms with E-state index in [0.717, 1.165) is 25.2 Å². The number of pyridine rings is 1. The van der Waals surface area contributed by atoms with Gasteiger partial charge in [-0.3, -0.25) is 9.78 Å². The van der Waals surface area contributed by atoms with E-state index >= 15 is 0 Å². The second kappa shape index (κ2) is 5.84. The number of nitrogens with zero attached hydrogens (tertiary/aromatic N) is 1. The first kappa shape index (κ1) is 12.8. The molecule has 1 aromatic carbocycles. The Hall–Kier alpha value is -2.20. The quantitative estimate of drug-likeness (QED) is 0.889. The first-order valence-electron chi connectivity index (χ1n) is 6.83. The largest absolute Gasteiger partial charge is 0.346 e. The minimum Gasteiger partial charge on any atom is -0.346 e. The minimum absolute atomic E-state index is 0.0518. The summed E-state index contributed by atoms with van der Waals surface area (Å²) in [5, 5.41) is 6.22. The molecule has 0 atom stereocenters. The average molecular weight is 267 g/mol. The Bertz CT molecular complexity index is 610. The van der Waals surface area contributed by atoms with E-state index in [-0.39, 0.29) is 5.91 Å². The van der Waals surface area contributed by atoms with Crippen LogP contribution in [0.1, 0.15) is 27.2 Å². The van der Waals surface area contributed by atoms with Gasteiger partial charge in [0.15, 0.2) is 0 Å². The number of amides is 1. The van der Waals surface area contributed by atoms with Gasteiger partial charge in [-0.05, 0) is 48.4 Å². The minimum atomic E-state index is -0.0518. The van der Waals surface area contributed by atoms with Crippen LogP contribution in [0.25, 0.3) is 0 Å². The maximum atomic E-state index is 12.1. The highest BCUT2D eigenvalue weighted by atomic mass is 16.1. The van der Waals surface area contributed by atoms with Crippen molar-refractivity contribution in [2.45, 2.75) is 19.5 Å². The summed E-state index contributed by atoms with van der Waals surface area (Å²) in [6.45, 7) is 2.31. The smallest absolute Gasteiger partial charge is 0.251 e. The van der Waals surface area contributed by atoms with Crippen molar-refractivity contribution in [2.75, 3.05) is 6.54 Å². The summed E-state index contributed by atoms with van der Waals surface area (Å²) in [5.74, 6) is -0.0518. The Morgan fingerprint density at radius 1 is 1.25 bits per heavy atom. The summed E-state index contributed by atoms with van der Waals surface area (Å²) < 4.78 is 0. The number of benzene rings is 1. The SMILES string of the molecule is O=C(NCc1ccccn1)c1ccc2c(c1)CNCC2. The molecule has 1 aliphatic heterocycles. The zero-order valence-electron chi connectivity index (χ0n) is 11.2. The van der Waals surface area contributed by atoms with E-state index in [1.54, 1.807) is 6.20 Å². The third kappa shape index (κ3) is 2.86. The molecule has 0 radical (unpaired) electrons. The maximum Gasteiger partial charge on any atom is 0.251 e. The van der Waals surface area contributed by atoms with Crippen molar-refractivity contribution < 1.29 is 4.79 Å². The van der Waals surface area contributed by atoms with E-state index in [2.05, 4.69) is 21.7 Å². The molecule has 0 spiro atoms. The van der Waals surface area contributed by atoms with E-state index in [0.29, 0.717) is 12.1 Å². The van der Waals surface area contributed by atoms with Gasteiger partial charge in [0.2, 0.25) is 0 Å². The van der Waals surface area contributed by atoms with Crippen molar-refractivity contribution in [3.63, 3.8) is 0 Å². The highest BCUT2D eigenvalue weighted by Gasteiger charge is 2.12. The number of hydrogen-bond donors (Lipinski definition) is 2. The van der Waals surface area contributed by atoms with Crippen LogP contribution in [0.15, 0.2) is 42.6 Å². The van der Waals surface area contributed by atoms with Gasteiger partial charge in [-0.2, -0.15) is 0 Å². The summed E-state index contributed by atoms with van der Waals surface area (Å²) >= 11 is 0. The molecule has 0 bridgehead atoms. The monoisotopic (exact) mass is 267 g/mol. The first-order chi connectivity index (χ1) is 9.83. The van der Waals surface area contributed by atoms with Crippen LogP contribution in [0, 0.1) is 0 Å². The van der Waals surface area contributed by atoms with Crippen molar-refractivity contribution in [1.82, 2.24) is 15.6 Å². The number of carbonyl (C=O) groups is 1. The molecular weight excluding hydrogens is 250 g/mol. The lowest BCUT2D eigenvalue weighted by Gasteiger charge is -2.17. The lowest BCUT2D eigenvalue weighted by atomic mass is 9.98. The molecule has 2 aromatic rings. The zero-order valence-corrected chi connectivity index (χ0v) is 11.2. The van der Waals surface area contributed by atoms with Crippen molar-refractivity contribution in [3.8, 4) is 0 Å². The summed E-state index contributed by atoms with van der Waals surface area (Å²) in [5.41, 5.74) is 4.13. The Labute approximate surface area is 118 Å². The van der Waals surface area contributed by atoms with Gasteiger partial charge in [0.1, 0.15) is 0 Å². The second-order valence-corrected chi connectivity index (χ2v) is 4.91. The number of fused-ring (bicyclic) bond motifs is 1. The third-order valence-corrected chi connectivity index (χ3v) is 3.51. The molecule has 1 aliphatic rings. The highest BCUT2D eigenvalue weighted by Crippen LogP contribution is 2.15. The highest BCUT2D eigenvalue weighted by molar-refractivity contribution is 5.94. The van der Waals surface area contributed by atoms with Crippen LogP contribution in [0.4, 0.5) is 0 Å². The summed E-state index contributed by atoms with van der Waals surface area (Å²) in [6.07, 6.45) is 2.76.